The van der Waals surface area contributed by atoms with Crippen molar-refractivity contribution in [1.29, 1.82) is 0 Å². The standard InChI is InChI=1S/C28H29N3O/c1-16-14-30-23-11-7-5-9-19(23)26-22(15-32)21(13-29-4)25-20-10-6-8-12-24(20)31(18(3)17(16)2)28(25)27(26)30/h5-12,15-18,29H,13-14H2,1-4H3. The molecule has 1 aliphatic heterocycles. The second kappa shape index (κ2) is 6.94. The summed E-state index contributed by atoms with van der Waals surface area (Å²) >= 11 is 0. The van der Waals surface area contributed by atoms with Gasteiger partial charge in [0.15, 0.2) is 6.29 Å². The highest BCUT2D eigenvalue weighted by Crippen LogP contribution is 2.47. The molecule has 0 saturated heterocycles. The minimum Gasteiger partial charge on any atom is -0.338 e. The second-order valence-corrected chi connectivity index (χ2v) is 9.58. The number of carbonyl (C=O) groups excluding carboxylic acids is 1. The van der Waals surface area contributed by atoms with Crippen molar-refractivity contribution in [3.05, 3.63) is 59.7 Å². The van der Waals surface area contributed by atoms with E-state index in [-0.39, 0.29) is 0 Å². The molecule has 4 heteroatoms. The average Bonchev–Trinajstić information content (AvgIpc) is 3.31. The summed E-state index contributed by atoms with van der Waals surface area (Å²) in [7, 11) is 1.96. The third kappa shape index (κ3) is 2.33. The fourth-order valence-electron chi connectivity index (χ4n) is 6.18. The first-order valence-electron chi connectivity index (χ1n) is 11.7. The van der Waals surface area contributed by atoms with Crippen LogP contribution in [-0.2, 0) is 13.1 Å². The van der Waals surface area contributed by atoms with Gasteiger partial charge in [0.1, 0.15) is 0 Å². The van der Waals surface area contributed by atoms with E-state index >= 15 is 0 Å². The Morgan fingerprint density at radius 1 is 0.938 bits per heavy atom. The first-order valence-corrected chi connectivity index (χ1v) is 11.7. The molecule has 0 fully saturated rings. The van der Waals surface area contributed by atoms with Crippen molar-refractivity contribution >= 4 is 49.9 Å². The normalized spacial score (nSPS) is 21.1. The van der Waals surface area contributed by atoms with Gasteiger partial charge < -0.3 is 14.5 Å². The van der Waals surface area contributed by atoms with Gasteiger partial charge >= 0.3 is 0 Å². The molecule has 32 heavy (non-hydrogen) atoms. The van der Waals surface area contributed by atoms with Crippen LogP contribution >= 0.6 is 0 Å². The number of hydrogen-bond acceptors (Lipinski definition) is 2. The minimum atomic E-state index is 0.354. The van der Waals surface area contributed by atoms with Crippen molar-refractivity contribution in [2.24, 2.45) is 11.8 Å². The third-order valence-corrected chi connectivity index (χ3v) is 8.01. The molecule has 6 rings (SSSR count). The van der Waals surface area contributed by atoms with Gasteiger partial charge in [-0.25, -0.2) is 0 Å². The van der Waals surface area contributed by atoms with Crippen LogP contribution in [0, 0.1) is 11.8 Å². The Balaban J connectivity index is 2.02. The maximum absolute atomic E-state index is 12.7. The van der Waals surface area contributed by atoms with Crippen molar-refractivity contribution in [2.45, 2.75) is 39.9 Å². The van der Waals surface area contributed by atoms with Crippen LogP contribution in [0.1, 0.15) is 42.7 Å². The van der Waals surface area contributed by atoms with E-state index in [2.05, 4.69) is 83.8 Å². The largest absolute Gasteiger partial charge is 0.338 e. The molecule has 0 radical (unpaired) electrons. The summed E-state index contributed by atoms with van der Waals surface area (Å²) in [6, 6.07) is 17.7. The summed E-state index contributed by atoms with van der Waals surface area (Å²) in [6.07, 6.45) is 1.08. The van der Waals surface area contributed by atoms with E-state index in [9.17, 15) is 4.79 Å². The molecule has 4 nitrogen and oxygen atoms in total. The van der Waals surface area contributed by atoms with Gasteiger partial charge in [-0.05, 0) is 43.5 Å². The van der Waals surface area contributed by atoms with E-state index in [0.29, 0.717) is 24.4 Å². The number of aromatic nitrogens is 2. The fourth-order valence-corrected chi connectivity index (χ4v) is 6.18. The van der Waals surface area contributed by atoms with E-state index in [1.807, 2.05) is 7.05 Å². The topological polar surface area (TPSA) is 39.0 Å². The van der Waals surface area contributed by atoms with E-state index in [1.165, 1.54) is 38.2 Å². The molecule has 1 aliphatic rings. The molecule has 3 heterocycles. The number of nitrogens with zero attached hydrogens (tertiary/aromatic N) is 2. The Labute approximate surface area is 187 Å². The van der Waals surface area contributed by atoms with Gasteiger partial charge in [0.25, 0.3) is 0 Å². The molecule has 3 aromatic carbocycles. The predicted octanol–water partition coefficient (Wildman–Crippen LogP) is 6.28. The van der Waals surface area contributed by atoms with Gasteiger partial charge in [-0.15, -0.1) is 0 Å². The van der Waals surface area contributed by atoms with Gasteiger partial charge in [0.2, 0.25) is 0 Å². The van der Waals surface area contributed by atoms with Gasteiger partial charge in [-0.3, -0.25) is 4.79 Å². The monoisotopic (exact) mass is 423 g/mol. The molecule has 3 unspecified atom stereocenters. The van der Waals surface area contributed by atoms with Crippen LogP contribution < -0.4 is 5.32 Å². The maximum Gasteiger partial charge on any atom is 0.151 e. The van der Waals surface area contributed by atoms with Crippen LogP contribution in [0.15, 0.2) is 48.5 Å². The Bertz CT molecular complexity index is 1540. The zero-order chi connectivity index (χ0) is 22.1. The lowest BCUT2D eigenvalue weighted by Crippen LogP contribution is -2.26. The highest BCUT2D eigenvalue weighted by molar-refractivity contribution is 6.28. The summed E-state index contributed by atoms with van der Waals surface area (Å²) in [5.74, 6) is 1.02. The zero-order valence-corrected chi connectivity index (χ0v) is 19.1. The minimum absolute atomic E-state index is 0.354. The van der Waals surface area contributed by atoms with Crippen LogP contribution in [0.3, 0.4) is 0 Å². The van der Waals surface area contributed by atoms with Crippen LogP contribution in [0.4, 0.5) is 0 Å². The van der Waals surface area contributed by atoms with Crippen molar-refractivity contribution in [2.75, 3.05) is 7.05 Å². The van der Waals surface area contributed by atoms with E-state index in [0.717, 1.165) is 29.3 Å². The van der Waals surface area contributed by atoms with Crippen LogP contribution in [-0.4, -0.2) is 22.5 Å². The number of carbonyl (C=O) groups is 1. The van der Waals surface area contributed by atoms with Gasteiger partial charge in [0, 0.05) is 57.3 Å². The lowest BCUT2D eigenvalue weighted by molar-refractivity contribution is 0.112. The first-order chi connectivity index (χ1) is 15.6. The van der Waals surface area contributed by atoms with E-state index < -0.39 is 0 Å². The number of aldehydes is 1. The summed E-state index contributed by atoms with van der Waals surface area (Å²) in [4.78, 5) is 12.7. The molecular weight excluding hydrogens is 394 g/mol. The lowest BCUT2D eigenvalue weighted by Gasteiger charge is -2.32. The number of benzene rings is 3. The van der Waals surface area contributed by atoms with Gasteiger partial charge in [-0.1, -0.05) is 50.2 Å². The van der Waals surface area contributed by atoms with Crippen LogP contribution in [0.5, 0.6) is 0 Å². The van der Waals surface area contributed by atoms with Gasteiger partial charge in [0.05, 0.1) is 11.0 Å². The first kappa shape index (κ1) is 19.6. The lowest BCUT2D eigenvalue weighted by atomic mass is 9.88. The molecule has 3 atom stereocenters. The number of para-hydroxylation sites is 2. The van der Waals surface area contributed by atoms with E-state index in [1.54, 1.807) is 0 Å². The summed E-state index contributed by atoms with van der Waals surface area (Å²) in [5.41, 5.74) is 6.91. The Hall–Kier alpha value is -3.11. The Morgan fingerprint density at radius 3 is 2.28 bits per heavy atom. The second-order valence-electron chi connectivity index (χ2n) is 9.58. The highest BCUT2D eigenvalue weighted by atomic mass is 16.1. The Morgan fingerprint density at radius 2 is 1.59 bits per heavy atom. The maximum atomic E-state index is 12.7. The predicted molar refractivity (Wildman–Crippen MR) is 134 cm³/mol. The SMILES string of the molecule is CNCc1c(C=O)c2c3ccccc3n3c2c2c1c1ccccc1n2C(C)C(C)C(C)C3. The average molecular weight is 424 g/mol. The highest BCUT2D eigenvalue weighted by Gasteiger charge is 2.32. The van der Waals surface area contributed by atoms with E-state index in [4.69, 9.17) is 0 Å². The van der Waals surface area contributed by atoms with Gasteiger partial charge in [-0.2, -0.15) is 0 Å². The van der Waals surface area contributed by atoms with Crippen LogP contribution in [0.2, 0.25) is 0 Å². The van der Waals surface area contributed by atoms with Crippen molar-refractivity contribution < 1.29 is 4.79 Å². The molecule has 0 saturated carbocycles. The number of hydrogen-bond donors (Lipinski definition) is 1. The molecule has 0 amide bonds. The number of nitrogens with one attached hydrogen (secondary N) is 1. The molecule has 0 bridgehead atoms. The molecule has 162 valence electrons. The fraction of sp³-hybridized carbons (Fsp3) is 0.321. The number of fused-ring (bicyclic) bond motifs is 6. The van der Waals surface area contributed by atoms with Crippen molar-refractivity contribution in [3.63, 3.8) is 0 Å². The molecule has 0 aliphatic carbocycles. The summed E-state index contributed by atoms with van der Waals surface area (Å²) < 4.78 is 5.06. The van der Waals surface area contributed by atoms with Crippen molar-refractivity contribution in [3.8, 4) is 0 Å². The quantitative estimate of drug-likeness (QED) is 0.347. The summed E-state index contributed by atoms with van der Waals surface area (Å²) in [5, 5.41) is 8.08. The smallest absolute Gasteiger partial charge is 0.151 e. The summed E-state index contributed by atoms with van der Waals surface area (Å²) in [6.45, 7) is 8.73. The molecular formula is C28H29N3O. The molecule has 5 aromatic rings. The molecule has 1 N–H and O–H groups in total. The zero-order valence-electron chi connectivity index (χ0n) is 19.1. The Kier molecular flexibility index (Phi) is 4.25. The number of rotatable bonds is 3. The van der Waals surface area contributed by atoms with Crippen molar-refractivity contribution in [1.82, 2.24) is 14.5 Å². The molecule has 2 aromatic heterocycles. The molecule has 0 spiro atoms. The van der Waals surface area contributed by atoms with Crippen LogP contribution in [0.25, 0.3) is 43.6 Å². The third-order valence-electron chi connectivity index (χ3n) is 8.01.